The van der Waals surface area contributed by atoms with Crippen molar-refractivity contribution >= 4 is 22.5 Å². The molecule has 3 rings (SSSR count). The number of carbonyl (C=O) groups excluding carboxylic acids is 1. The highest BCUT2D eigenvalue weighted by Crippen LogP contribution is 2.18. The number of hydrogen-bond acceptors (Lipinski definition) is 2. The lowest BCUT2D eigenvalue weighted by Crippen LogP contribution is -2.13. The Labute approximate surface area is 134 Å². The smallest absolute Gasteiger partial charge is 0.255 e. The Morgan fingerprint density at radius 3 is 2.43 bits per heavy atom. The van der Waals surface area contributed by atoms with Crippen LogP contribution in [0.15, 0.2) is 47.3 Å². The predicted molar refractivity (Wildman–Crippen MR) is 93.2 cm³/mol. The van der Waals surface area contributed by atoms with Crippen molar-refractivity contribution in [2.24, 2.45) is 0 Å². The van der Waals surface area contributed by atoms with Gasteiger partial charge >= 0.3 is 0 Å². The summed E-state index contributed by atoms with van der Waals surface area (Å²) < 4.78 is 0. The topological polar surface area (TPSA) is 62.0 Å². The van der Waals surface area contributed by atoms with E-state index in [0.29, 0.717) is 22.3 Å². The number of aryl methyl sites for hydroxylation is 3. The Morgan fingerprint density at radius 1 is 0.913 bits per heavy atom. The monoisotopic (exact) mass is 306 g/mol. The van der Waals surface area contributed by atoms with Gasteiger partial charge in [-0.25, -0.2) is 0 Å². The third-order valence-corrected chi connectivity index (χ3v) is 4.06. The number of aromatic nitrogens is 1. The second-order valence-corrected chi connectivity index (χ2v) is 5.84. The third kappa shape index (κ3) is 3.01. The molecule has 1 amide bonds. The minimum absolute atomic E-state index is 0.116. The van der Waals surface area contributed by atoms with Crippen LogP contribution in [0.1, 0.15) is 27.0 Å². The van der Waals surface area contributed by atoms with Crippen LogP contribution in [-0.2, 0) is 0 Å². The molecule has 0 aliphatic heterocycles. The molecular formula is C19H18N2O2. The van der Waals surface area contributed by atoms with Crippen LogP contribution in [0.25, 0.3) is 10.9 Å². The molecule has 3 aromatic rings. The molecule has 116 valence electrons. The summed E-state index contributed by atoms with van der Waals surface area (Å²) in [4.78, 5) is 26.9. The number of aromatic amines is 1. The summed E-state index contributed by atoms with van der Waals surface area (Å²) in [7, 11) is 0. The van der Waals surface area contributed by atoms with Crippen molar-refractivity contribution in [2.45, 2.75) is 20.8 Å². The Bertz CT molecular complexity index is 971. The Balaban J connectivity index is 1.91. The van der Waals surface area contributed by atoms with Crippen molar-refractivity contribution < 1.29 is 4.79 Å². The number of carbonyl (C=O) groups is 1. The third-order valence-electron chi connectivity index (χ3n) is 4.06. The quantitative estimate of drug-likeness (QED) is 0.758. The highest BCUT2D eigenvalue weighted by molar-refractivity contribution is 6.05. The second kappa shape index (κ2) is 5.72. The molecule has 0 fully saturated rings. The molecule has 0 aliphatic rings. The van der Waals surface area contributed by atoms with E-state index in [1.165, 1.54) is 0 Å². The molecule has 2 aromatic carbocycles. The van der Waals surface area contributed by atoms with Gasteiger partial charge in [0, 0.05) is 16.8 Å². The van der Waals surface area contributed by atoms with E-state index < -0.39 is 0 Å². The Morgan fingerprint density at radius 2 is 1.70 bits per heavy atom. The number of amides is 1. The van der Waals surface area contributed by atoms with Gasteiger partial charge in [0.15, 0.2) is 0 Å². The van der Waals surface area contributed by atoms with Gasteiger partial charge in [0.05, 0.1) is 5.52 Å². The van der Waals surface area contributed by atoms with Crippen molar-refractivity contribution in [1.29, 1.82) is 0 Å². The second-order valence-electron chi connectivity index (χ2n) is 5.84. The Kier molecular flexibility index (Phi) is 3.74. The van der Waals surface area contributed by atoms with Crippen LogP contribution in [0.4, 0.5) is 5.69 Å². The molecule has 0 radical (unpaired) electrons. The molecule has 0 unspecified atom stereocenters. The van der Waals surface area contributed by atoms with Crippen LogP contribution in [0, 0.1) is 20.8 Å². The molecule has 0 spiro atoms. The summed E-state index contributed by atoms with van der Waals surface area (Å²) in [6.07, 6.45) is 0. The van der Waals surface area contributed by atoms with E-state index in [0.717, 1.165) is 16.5 Å². The molecule has 0 aliphatic carbocycles. The van der Waals surface area contributed by atoms with E-state index in [2.05, 4.69) is 10.3 Å². The lowest BCUT2D eigenvalue weighted by atomic mass is 10.1. The molecule has 4 heteroatoms. The summed E-state index contributed by atoms with van der Waals surface area (Å²) in [6, 6.07) is 12.9. The first-order valence-electron chi connectivity index (χ1n) is 7.46. The number of anilines is 1. The van der Waals surface area contributed by atoms with Gasteiger partial charge in [0.25, 0.3) is 11.5 Å². The summed E-state index contributed by atoms with van der Waals surface area (Å²) in [5.74, 6) is -0.165. The van der Waals surface area contributed by atoms with E-state index in [1.807, 2.05) is 50.2 Å². The lowest BCUT2D eigenvalue weighted by molar-refractivity contribution is 0.102. The van der Waals surface area contributed by atoms with Gasteiger partial charge in [-0.3, -0.25) is 9.59 Å². The van der Waals surface area contributed by atoms with Gasteiger partial charge in [-0.05, 0) is 67.6 Å². The van der Waals surface area contributed by atoms with Gasteiger partial charge in [0.2, 0.25) is 0 Å². The maximum absolute atomic E-state index is 12.4. The number of fused-ring (bicyclic) bond motifs is 1. The van der Waals surface area contributed by atoms with Crippen molar-refractivity contribution in [3.63, 3.8) is 0 Å². The first-order valence-corrected chi connectivity index (χ1v) is 7.46. The van der Waals surface area contributed by atoms with E-state index in [4.69, 9.17) is 0 Å². The average molecular weight is 306 g/mol. The number of nitrogens with one attached hydrogen (secondary N) is 2. The van der Waals surface area contributed by atoms with Crippen LogP contribution in [-0.4, -0.2) is 10.9 Å². The fourth-order valence-corrected chi connectivity index (χ4v) is 2.47. The molecule has 0 saturated heterocycles. The molecule has 0 saturated carbocycles. The highest BCUT2D eigenvalue weighted by Gasteiger charge is 2.08. The summed E-state index contributed by atoms with van der Waals surface area (Å²) in [5, 5.41) is 3.81. The van der Waals surface area contributed by atoms with E-state index in [1.54, 1.807) is 13.0 Å². The molecule has 0 bridgehead atoms. The van der Waals surface area contributed by atoms with E-state index >= 15 is 0 Å². The highest BCUT2D eigenvalue weighted by atomic mass is 16.1. The summed E-state index contributed by atoms with van der Waals surface area (Å²) in [5.41, 5.74) is 4.76. The van der Waals surface area contributed by atoms with Crippen LogP contribution in [0.2, 0.25) is 0 Å². The summed E-state index contributed by atoms with van der Waals surface area (Å²) >= 11 is 0. The minimum Gasteiger partial charge on any atom is -0.322 e. The summed E-state index contributed by atoms with van der Waals surface area (Å²) in [6.45, 7) is 5.77. The first kappa shape index (κ1) is 15.0. The molecule has 4 nitrogen and oxygen atoms in total. The van der Waals surface area contributed by atoms with Gasteiger partial charge in [-0.1, -0.05) is 12.1 Å². The largest absolute Gasteiger partial charge is 0.322 e. The number of pyridine rings is 1. The minimum atomic E-state index is -0.165. The van der Waals surface area contributed by atoms with Crippen molar-refractivity contribution in [3.05, 3.63) is 75.1 Å². The van der Waals surface area contributed by atoms with Gasteiger partial charge in [-0.15, -0.1) is 0 Å². The number of hydrogen-bond donors (Lipinski definition) is 2. The normalized spacial score (nSPS) is 10.7. The van der Waals surface area contributed by atoms with Gasteiger partial charge in [0.1, 0.15) is 0 Å². The maximum Gasteiger partial charge on any atom is 0.255 e. The zero-order chi connectivity index (χ0) is 16.6. The standard InChI is InChI=1S/C19H18N2O2/c1-11-4-5-15(8-12(11)2)19(23)20-16-7-6-14-9-13(3)18(22)21-17(14)10-16/h4-10H,1-3H3,(H,20,23)(H,21,22). The molecule has 23 heavy (non-hydrogen) atoms. The molecule has 0 atom stereocenters. The SMILES string of the molecule is Cc1ccc(C(=O)Nc2ccc3cc(C)c(=O)[nH]c3c2)cc1C. The number of H-pyrrole nitrogens is 1. The molecule has 1 heterocycles. The molecule has 1 aromatic heterocycles. The van der Waals surface area contributed by atoms with Crippen LogP contribution in [0.5, 0.6) is 0 Å². The average Bonchev–Trinajstić information content (AvgIpc) is 2.51. The maximum atomic E-state index is 12.4. The Hall–Kier alpha value is -2.88. The van der Waals surface area contributed by atoms with Crippen molar-refractivity contribution in [1.82, 2.24) is 4.98 Å². The van der Waals surface area contributed by atoms with Gasteiger partial charge < -0.3 is 10.3 Å². The predicted octanol–water partition coefficient (Wildman–Crippen LogP) is 3.71. The zero-order valence-corrected chi connectivity index (χ0v) is 13.4. The fraction of sp³-hybridized carbons (Fsp3) is 0.158. The zero-order valence-electron chi connectivity index (χ0n) is 13.4. The first-order chi connectivity index (χ1) is 10.9. The fourth-order valence-electron chi connectivity index (χ4n) is 2.47. The van der Waals surface area contributed by atoms with Gasteiger partial charge in [-0.2, -0.15) is 0 Å². The number of benzene rings is 2. The molecule has 2 N–H and O–H groups in total. The molecular weight excluding hydrogens is 288 g/mol. The van der Waals surface area contributed by atoms with Crippen molar-refractivity contribution in [2.75, 3.05) is 5.32 Å². The van der Waals surface area contributed by atoms with Crippen LogP contribution in [0.3, 0.4) is 0 Å². The van der Waals surface area contributed by atoms with E-state index in [-0.39, 0.29) is 11.5 Å². The van der Waals surface area contributed by atoms with E-state index in [9.17, 15) is 9.59 Å². The van der Waals surface area contributed by atoms with Crippen LogP contribution >= 0.6 is 0 Å². The number of rotatable bonds is 2. The lowest BCUT2D eigenvalue weighted by Gasteiger charge is -2.08. The van der Waals surface area contributed by atoms with Crippen molar-refractivity contribution in [3.8, 4) is 0 Å². The van der Waals surface area contributed by atoms with Crippen LogP contribution < -0.4 is 10.9 Å².